The normalized spacial score (nSPS) is 12.7. The van der Waals surface area contributed by atoms with Crippen molar-refractivity contribution in [3.63, 3.8) is 0 Å². The summed E-state index contributed by atoms with van der Waals surface area (Å²) >= 11 is 3.29. The van der Waals surface area contributed by atoms with Gasteiger partial charge in [0.15, 0.2) is 0 Å². The third-order valence-electron chi connectivity index (χ3n) is 1.83. The van der Waals surface area contributed by atoms with Gasteiger partial charge < -0.3 is 9.84 Å². The van der Waals surface area contributed by atoms with Crippen LogP contribution < -0.4 is 0 Å². The molecule has 0 aliphatic heterocycles. The van der Waals surface area contributed by atoms with E-state index in [0.717, 1.165) is 10.0 Å². The third kappa shape index (κ3) is 3.85. The number of hydrogen-bond donors (Lipinski definition) is 1. The predicted molar refractivity (Wildman–Crippen MR) is 60.3 cm³/mol. The second kappa shape index (κ2) is 5.68. The summed E-state index contributed by atoms with van der Waals surface area (Å²) in [6.07, 6.45) is 1.79. The highest BCUT2D eigenvalue weighted by molar-refractivity contribution is 9.10. The van der Waals surface area contributed by atoms with Crippen LogP contribution in [-0.2, 0) is 9.53 Å². The van der Waals surface area contributed by atoms with Crippen LogP contribution in [0.5, 0.6) is 0 Å². The molecule has 0 spiro atoms. The minimum atomic E-state index is -0.794. The van der Waals surface area contributed by atoms with Crippen LogP contribution in [-0.4, -0.2) is 18.2 Å². The number of aliphatic hydroxyl groups excluding tert-OH is 1. The van der Waals surface area contributed by atoms with E-state index in [-0.39, 0.29) is 0 Å². The van der Waals surface area contributed by atoms with Gasteiger partial charge >= 0.3 is 5.97 Å². The van der Waals surface area contributed by atoms with Gasteiger partial charge in [0, 0.05) is 10.5 Å². The first-order valence-corrected chi connectivity index (χ1v) is 5.12. The molecular formula is C11H11BrO3. The van der Waals surface area contributed by atoms with Crippen LogP contribution >= 0.6 is 15.9 Å². The minimum Gasteiger partial charge on any atom is -0.466 e. The first-order valence-electron chi connectivity index (χ1n) is 4.33. The van der Waals surface area contributed by atoms with Crippen LogP contribution in [0.2, 0.25) is 0 Å². The van der Waals surface area contributed by atoms with Crippen molar-refractivity contribution < 1.29 is 14.6 Å². The Morgan fingerprint density at radius 2 is 2.07 bits per heavy atom. The fraction of sp³-hybridized carbons (Fsp3) is 0.182. The van der Waals surface area contributed by atoms with E-state index < -0.39 is 12.1 Å². The molecule has 1 unspecified atom stereocenters. The molecule has 0 heterocycles. The second-order valence-electron chi connectivity index (χ2n) is 2.88. The van der Waals surface area contributed by atoms with E-state index in [2.05, 4.69) is 20.7 Å². The van der Waals surface area contributed by atoms with Crippen molar-refractivity contribution in [1.29, 1.82) is 0 Å². The molecule has 0 aliphatic carbocycles. The smallest absolute Gasteiger partial charge is 0.330 e. The standard InChI is InChI=1S/C11H11BrO3/c1-15-11(14)7-6-10(13)8-2-4-9(12)5-3-8/h2-7,10,13H,1H3/b7-6+. The number of carbonyl (C=O) groups excluding carboxylic acids is 1. The Bertz CT molecular complexity index is 357. The Balaban J connectivity index is 2.68. The van der Waals surface area contributed by atoms with Gasteiger partial charge in [0.25, 0.3) is 0 Å². The van der Waals surface area contributed by atoms with E-state index >= 15 is 0 Å². The molecule has 3 nitrogen and oxygen atoms in total. The van der Waals surface area contributed by atoms with E-state index in [1.807, 2.05) is 12.1 Å². The number of hydrogen-bond acceptors (Lipinski definition) is 3. The summed E-state index contributed by atoms with van der Waals surface area (Å²) < 4.78 is 5.35. The van der Waals surface area contributed by atoms with Gasteiger partial charge in [0.1, 0.15) is 0 Å². The van der Waals surface area contributed by atoms with Gasteiger partial charge in [-0.05, 0) is 23.8 Å². The average Bonchev–Trinajstić information content (AvgIpc) is 2.26. The van der Waals surface area contributed by atoms with E-state index in [1.165, 1.54) is 19.3 Å². The van der Waals surface area contributed by atoms with Crippen molar-refractivity contribution in [2.45, 2.75) is 6.10 Å². The molecule has 1 aromatic carbocycles. The number of methoxy groups -OCH3 is 1. The summed E-state index contributed by atoms with van der Waals surface area (Å²) in [5.74, 6) is -0.480. The second-order valence-corrected chi connectivity index (χ2v) is 3.79. The number of aliphatic hydroxyl groups is 1. The van der Waals surface area contributed by atoms with Gasteiger partial charge in [-0.15, -0.1) is 0 Å². The largest absolute Gasteiger partial charge is 0.466 e. The van der Waals surface area contributed by atoms with Crippen LogP contribution in [0.3, 0.4) is 0 Å². The Hall–Kier alpha value is -1.13. The monoisotopic (exact) mass is 270 g/mol. The SMILES string of the molecule is COC(=O)/C=C/C(O)c1ccc(Br)cc1. The molecule has 15 heavy (non-hydrogen) atoms. The third-order valence-corrected chi connectivity index (χ3v) is 2.36. The van der Waals surface area contributed by atoms with Crippen LogP contribution in [0.4, 0.5) is 0 Å². The zero-order chi connectivity index (χ0) is 11.3. The van der Waals surface area contributed by atoms with Crippen molar-refractivity contribution in [2.75, 3.05) is 7.11 Å². The highest BCUT2D eigenvalue weighted by Gasteiger charge is 2.03. The fourth-order valence-corrected chi connectivity index (χ4v) is 1.27. The van der Waals surface area contributed by atoms with E-state index in [1.54, 1.807) is 12.1 Å². The van der Waals surface area contributed by atoms with Crippen molar-refractivity contribution in [2.24, 2.45) is 0 Å². The maximum absolute atomic E-state index is 10.8. The Morgan fingerprint density at radius 1 is 1.47 bits per heavy atom. The Kier molecular flexibility index (Phi) is 4.52. The van der Waals surface area contributed by atoms with Gasteiger partial charge in [-0.1, -0.05) is 28.1 Å². The summed E-state index contributed by atoms with van der Waals surface area (Å²) in [4.78, 5) is 10.8. The van der Waals surface area contributed by atoms with Crippen LogP contribution in [0.25, 0.3) is 0 Å². The molecule has 0 saturated heterocycles. The molecule has 0 radical (unpaired) electrons. The van der Waals surface area contributed by atoms with Gasteiger partial charge in [-0.2, -0.15) is 0 Å². The zero-order valence-corrected chi connectivity index (χ0v) is 9.77. The van der Waals surface area contributed by atoms with Gasteiger partial charge in [-0.25, -0.2) is 4.79 Å². The highest BCUT2D eigenvalue weighted by atomic mass is 79.9. The topological polar surface area (TPSA) is 46.5 Å². The van der Waals surface area contributed by atoms with Crippen molar-refractivity contribution >= 4 is 21.9 Å². The lowest BCUT2D eigenvalue weighted by Crippen LogP contribution is -1.97. The molecule has 1 N–H and O–H groups in total. The Labute approximate surface area is 96.5 Å². The molecule has 0 fully saturated rings. The molecule has 0 aromatic heterocycles. The van der Waals surface area contributed by atoms with Gasteiger partial charge in [0.2, 0.25) is 0 Å². The molecule has 1 atom stereocenters. The number of carbonyl (C=O) groups is 1. The zero-order valence-electron chi connectivity index (χ0n) is 8.18. The molecule has 4 heteroatoms. The predicted octanol–water partition coefficient (Wildman–Crippen LogP) is 2.21. The number of benzene rings is 1. The summed E-state index contributed by atoms with van der Waals surface area (Å²) in [5.41, 5.74) is 0.721. The summed E-state index contributed by atoms with van der Waals surface area (Å²) in [6.45, 7) is 0. The van der Waals surface area contributed by atoms with Crippen LogP contribution in [0.1, 0.15) is 11.7 Å². The minimum absolute atomic E-state index is 0.480. The maximum atomic E-state index is 10.8. The molecule has 80 valence electrons. The first kappa shape index (κ1) is 11.9. The maximum Gasteiger partial charge on any atom is 0.330 e. The molecule has 0 aliphatic rings. The van der Waals surface area contributed by atoms with Crippen molar-refractivity contribution in [1.82, 2.24) is 0 Å². The Morgan fingerprint density at radius 3 is 2.60 bits per heavy atom. The molecule has 1 rings (SSSR count). The van der Waals surface area contributed by atoms with E-state index in [9.17, 15) is 9.90 Å². The molecular weight excluding hydrogens is 260 g/mol. The number of ether oxygens (including phenoxy) is 1. The molecule has 0 saturated carbocycles. The number of rotatable bonds is 3. The van der Waals surface area contributed by atoms with Crippen molar-refractivity contribution in [3.05, 3.63) is 46.5 Å². The lowest BCUT2D eigenvalue weighted by molar-refractivity contribution is -0.134. The number of halogens is 1. The van der Waals surface area contributed by atoms with Crippen LogP contribution in [0, 0.1) is 0 Å². The quantitative estimate of drug-likeness (QED) is 0.677. The first-order chi connectivity index (χ1) is 7.13. The van der Waals surface area contributed by atoms with E-state index in [4.69, 9.17) is 0 Å². The van der Waals surface area contributed by atoms with Gasteiger partial charge in [0.05, 0.1) is 13.2 Å². The average molecular weight is 271 g/mol. The molecule has 0 bridgehead atoms. The van der Waals surface area contributed by atoms with Crippen molar-refractivity contribution in [3.8, 4) is 0 Å². The summed E-state index contributed by atoms with van der Waals surface area (Å²) in [6, 6.07) is 7.20. The fourth-order valence-electron chi connectivity index (χ4n) is 1.01. The summed E-state index contributed by atoms with van der Waals surface area (Å²) in [5, 5.41) is 9.65. The van der Waals surface area contributed by atoms with E-state index in [0.29, 0.717) is 0 Å². The highest BCUT2D eigenvalue weighted by Crippen LogP contribution is 2.17. The summed E-state index contributed by atoms with van der Waals surface area (Å²) in [7, 11) is 1.29. The number of esters is 1. The molecule has 1 aromatic rings. The van der Waals surface area contributed by atoms with Crippen LogP contribution in [0.15, 0.2) is 40.9 Å². The van der Waals surface area contributed by atoms with Gasteiger partial charge in [-0.3, -0.25) is 0 Å². The lowest BCUT2D eigenvalue weighted by atomic mass is 10.1. The molecule has 0 amide bonds. The lowest BCUT2D eigenvalue weighted by Gasteiger charge is -2.05.